The molecule has 1 aliphatic carbocycles. The predicted molar refractivity (Wildman–Crippen MR) is 31.0 cm³/mol. The second-order valence-corrected chi connectivity index (χ2v) is 2.54. The summed E-state index contributed by atoms with van der Waals surface area (Å²) < 4.78 is 0. The Morgan fingerprint density at radius 3 is 2.56 bits per heavy atom. The summed E-state index contributed by atoms with van der Waals surface area (Å²) in [6.07, 6.45) is 1.18. The van der Waals surface area contributed by atoms with Crippen LogP contribution < -0.4 is 0 Å². The Kier molecular flexibility index (Phi) is 1.24. The van der Waals surface area contributed by atoms with E-state index in [0.29, 0.717) is 6.42 Å². The van der Waals surface area contributed by atoms with Gasteiger partial charge in [0, 0.05) is 5.92 Å². The number of carboxylic acid groups (broad SMARTS) is 1. The van der Waals surface area contributed by atoms with Gasteiger partial charge in [0.05, 0.1) is 0 Å². The highest BCUT2D eigenvalue weighted by molar-refractivity contribution is 5.81. The van der Waals surface area contributed by atoms with Crippen LogP contribution in [0.25, 0.3) is 0 Å². The molecule has 1 aliphatic rings. The fraction of sp³-hybridized carbons (Fsp3) is 0.833. The fourth-order valence-electron chi connectivity index (χ4n) is 1.06. The lowest BCUT2D eigenvalue weighted by Crippen LogP contribution is -2.23. The fourth-order valence-corrected chi connectivity index (χ4v) is 1.06. The molecule has 0 unspecified atom stereocenters. The Labute approximate surface area is 53.3 Å². The van der Waals surface area contributed by atoms with Crippen LogP contribution >= 0.6 is 0 Å². The maximum absolute atomic E-state index is 10.2. The Morgan fingerprint density at radius 1 is 1.89 bits per heavy atom. The molecule has 0 radical (unpaired) electrons. The Bertz CT molecular complexity index is 143. The number of carbonyl (C=O) groups is 1. The molecule has 0 aliphatic heterocycles. The summed E-state index contributed by atoms with van der Waals surface area (Å²) in [7, 11) is 0. The van der Waals surface area contributed by atoms with Crippen LogP contribution in [0, 0.1) is 5.92 Å². The van der Waals surface area contributed by atoms with Crippen molar-refractivity contribution >= 4 is 5.97 Å². The molecule has 0 heterocycles. The SMILES string of the molecule is CC[C@H]1C[C@@]1(O)C(=O)O. The molecule has 3 heteroatoms. The monoisotopic (exact) mass is 130 g/mol. The lowest BCUT2D eigenvalue weighted by molar-refractivity contribution is -0.150. The second kappa shape index (κ2) is 1.70. The van der Waals surface area contributed by atoms with Gasteiger partial charge in [0.1, 0.15) is 0 Å². The van der Waals surface area contributed by atoms with Crippen molar-refractivity contribution in [3.63, 3.8) is 0 Å². The van der Waals surface area contributed by atoms with E-state index in [-0.39, 0.29) is 5.92 Å². The molecular formula is C6H10O3. The number of hydrogen-bond acceptors (Lipinski definition) is 2. The van der Waals surface area contributed by atoms with Gasteiger partial charge in [-0.05, 0) is 12.8 Å². The van der Waals surface area contributed by atoms with Crippen LogP contribution in [0.1, 0.15) is 19.8 Å². The Hall–Kier alpha value is -0.570. The van der Waals surface area contributed by atoms with Gasteiger partial charge >= 0.3 is 5.97 Å². The first-order valence-electron chi connectivity index (χ1n) is 3.07. The van der Waals surface area contributed by atoms with E-state index in [4.69, 9.17) is 10.2 Å². The van der Waals surface area contributed by atoms with Gasteiger partial charge in [-0.3, -0.25) is 0 Å². The molecular weight excluding hydrogens is 120 g/mol. The Morgan fingerprint density at radius 2 is 2.44 bits per heavy atom. The molecule has 52 valence electrons. The van der Waals surface area contributed by atoms with Crippen molar-refractivity contribution in [2.24, 2.45) is 5.92 Å². The van der Waals surface area contributed by atoms with Crippen molar-refractivity contribution < 1.29 is 15.0 Å². The van der Waals surface area contributed by atoms with E-state index in [1.54, 1.807) is 0 Å². The highest BCUT2D eigenvalue weighted by Gasteiger charge is 2.58. The van der Waals surface area contributed by atoms with Gasteiger partial charge in [-0.15, -0.1) is 0 Å². The first-order chi connectivity index (χ1) is 4.11. The number of rotatable bonds is 2. The van der Waals surface area contributed by atoms with E-state index >= 15 is 0 Å². The highest BCUT2D eigenvalue weighted by Crippen LogP contribution is 2.45. The number of hydrogen-bond donors (Lipinski definition) is 2. The minimum atomic E-state index is -1.37. The van der Waals surface area contributed by atoms with Crippen LogP contribution in [0.3, 0.4) is 0 Å². The first kappa shape index (κ1) is 6.55. The summed E-state index contributed by atoms with van der Waals surface area (Å²) in [6, 6.07) is 0. The zero-order chi connectivity index (χ0) is 7.07. The van der Waals surface area contributed by atoms with E-state index in [0.717, 1.165) is 6.42 Å². The molecule has 0 amide bonds. The summed E-state index contributed by atoms with van der Waals surface area (Å²) in [6.45, 7) is 1.88. The van der Waals surface area contributed by atoms with Gasteiger partial charge in [0.25, 0.3) is 0 Å². The van der Waals surface area contributed by atoms with Crippen molar-refractivity contribution in [1.82, 2.24) is 0 Å². The van der Waals surface area contributed by atoms with Gasteiger partial charge in [-0.25, -0.2) is 4.79 Å². The molecule has 2 N–H and O–H groups in total. The minimum Gasteiger partial charge on any atom is -0.479 e. The van der Waals surface area contributed by atoms with Crippen LogP contribution in [-0.2, 0) is 4.79 Å². The second-order valence-electron chi connectivity index (χ2n) is 2.54. The third-order valence-corrected chi connectivity index (χ3v) is 1.94. The molecule has 0 bridgehead atoms. The smallest absolute Gasteiger partial charge is 0.335 e. The van der Waals surface area contributed by atoms with Crippen LogP contribution in [0.5, 0.6) is 0 Å². The summed E-state index contributed by atoms with van der Waals surface area (Å²) in [4.78, 5) is 10.2. The molecule has 1 saturated carbocycles. The van der Waals surface area contributed by atoms with Gasteiger partial charge in [-0.1, -0.05) is 6.92 Å². The Balaban J connectivity index is 2.52. The molecule has 0 aromatic heterocycles. The van der Waals surface area contributed by atoms with E-state index in [9.17, 15) is 4.79 Å². The summed E-state index contributed by atoms with van der Waals surface area (Å²) >= 11 is 0. The van der Waals surface area contributed by atoms with E-state index in [1.807, 2.05) is 6.92 Å². The maximum Gasteiger partial charge on any atom is 0.335 e. The molecule has 0 aromatic rings. The molecule has 0 saturated heterocycles. The molecule has 1 rings (SSSR count). The van der Waals surface area contributed by atoms with Gasteiger partial charge in [-0.2, -0.15) is 0 Å². The molecule has 2 atom stereocenters. The number of aliphatic hydroxyl groups is 1. The van der Waals surface area contributed by atoms with Crippen LogP contribution in [-0.4, -0.2) is 21.8 Å². The van der Waals surface area contributed by atoms with Crippen molar-refractivity contribution in [2.75, 3.05) is 0 Å². The zero-order valence-corrected chi connectivity index (χ0v) is 5.29. The molecule has 9 heavy (non-hydrogen) atoms. The van der Waals surface area contributed by atoms with Crippen LogP contribution in [0.4, 0.5) is 0 Å². The average Bonchev–Trinajstić information content (AvgIpc) is 2.44. The third-order valence-electron chi connectivity index (χ3n) is 1.94. The standard InChI is InChI=1S/C6H10O3/c1-2-4-3-6(4,9)5(7)8/h4,9H,2-3H2,1H3,(H,7,8)/t4-,6-/m0/s1. The molecule has 1 fully saturated rings. The van der Waals surface area contributed by atoms with Crippen molar-refractivity contribution in [1.29, 1.82) is 0 Å². The van der Waals surface area contributed by atoms with Crippen molar-refractivity contribution in [3.05, 3.63) is 0 Å². The lowest BCUT2D eigenvalue weighted by atomic mass is 10.2. The summed E-state index contributed by atoms with van der Waals surface area (Å²) in [5.41, 5.74) is -1.37. The summed E-state index contributed by atoms with van der Waals surface area (Å²) in [5, 5.41) is 17.4. The average molecular weight is 130 g/mol. The lowest BCUT2D eigenvalue weighted by Gasteiger charge is -1.99. The van der Waals surface area contributed by atoms with E-state index < -0.39 is 11.6 Å². The molecule has 3 nitrogen and oxygen atoms in total. The quantitative estimate of drug-likeness (QED) is 0.562. The van der Waals surface area contributed by atoms with Crippen molar-refractivity contribution in [3.8, 4) is 0 Å². The number of carboxylic acids is 1. The molecule has 0 aromatic carbocycles. The maximum atomic E-state index is 10.2. The van der Waals surface area contributed by atoms with Crippen LogP contribution in [0.15, 0.2) is 0 Å². The van der Waals surface area contributed by atoms with E-state index in [1.165, 1.54) is 0 Å². The van der Waals surface area contributed by atoms with Gasteiger partial charge in [0.2, 0.25) is 0 Å². The topological polar surface area (TPSA) is 57.5 Å². The first-order valence-corrected chi connectivity index (χ1v) is 3.07. The van der Waals surface area contributed by atoms with Crippen LogP contribution in [0.2, 0.25) is 0 Å². The van der Waals surface area contributed by atoms with Crippen molar-refractivity contribution in [2.45, 2.75) is 25.4 Å². The third kappa shape index (κ3) is 0.812. The van der Waals surface area contributed by atoms with E-state index in [2.05, 4.69) is 0 Å². The minimum absolute atomic E-state index is 0.00463. The summed E-state index contributed by atoms with van der Waals surface area (Å²) in [5.74, 6) is -1.08. The van der Waals surface area contributed by atoms with Gasteiger partial charge < -0.3 is 10.2 Å². The largest absolute Gasteiger partial charge is 0.479 e. The van der Waals surface area contributed by atoms with Gasteiger partial charge in [0.15, 0.2) is 5.60 Å². The highest BCUT2D eigenvalue weighted by atomic mass is 16.4. The molecule has 0 spiro atoms. The zero-order valence-electron chi connectivity index (χ0n) is 5.29. The normalized spacial score (nSPS) is 40.4. The number of aliphatic carboxylic acids is 1. The predicted octanol–water partition coefficient (Wildman–Crippen LogP) is 0.232.